The Hall–Kier alpha value is -1.94. The minimum Gasteiger partial charge on any atom is -0.313 e. The normalized spacial score (nSPS) is 14.0. The highest BCUT2D eigenvalue weighted by Crippen LogP contribution is 2.36. The van der Waals surface area contributed by atoms with Crippen molar-refractivity contribution in [2.75, 3.05) is 5.32 Å². The molecule has 0 atom stereocenters. The number of fused-ring (bicyclic) bond motifs is 1. The zero-order chi connectivity index (χ0) is 15.5. The lowest BCUT2D eigenvalue weighted by molar-refractivity contribution is 0.102. The Balaban J connectivity index is 1.89. The Bertz CT molecular complexity index is 718. The molecule has 0 spiro atoms. The first-order chi connectivity index (χ1) is 10.7. The van der Waals surface area contributed by atoms with Crippen molar-refractivity contribution in [1.82, 2.24) is 0 Å². The summed E-state index contributed by atoms with van der Waals surface area (Å²) < 4.78 is 0. The zero-order valence-corrected chi connectivity index (χ0v) is 13.5. The second kappa shape index (κ2) is 6.44. The molecule has 0 unspecified atom stereocenters. The highest BCUT2D eigenvalue weighted by Gasteiger charge is 2.20. The number of benzene rings is 1. The third-order valence-corrected chi connectivity index (χ3v) is 5.31. The van der Waals surface area contributed by atoms with Gasteiger partial charge in [-0.2, -0.15) is 0 Å². The van der Waals surface area contributed by atoms with E-state index in [0.717, 1.165) is 43.1 Å². The van der Waals surface area contributed by atoms with Gasteiger partial charge in [-0.1, -0.05) is 24.1 Å². The summed E-state index contributed by atoms with van der Waals surface area (Å²) in [4.78, 5) is 25.2. The number of hydrogen-bond acceptors (Lipinski definition) is 3. The van der Waals surface area contributed by atoms with Crippen LogP contribution in [-0.2, 0) is 12.8 Å². The van der Waals surface area contributed by atoms with Crippen LogP contribution in [0.2, 0.25) is 0 Å². The van der Waals surface area contributed by atoms with Gasteiger partial charge in [0.15, 0.2) is 6.29 Å². The predicted molar refractivity (Wildman–Crippen MR) is 90.1 cm³/mol. The molecular weight excluding hydrogens is 294 g/mol. The molecule has 2 aromatic rings. The van der Waals surface area contributed by atoms with Gasteiger partial charge in [0.1, 0.15) is 5.00 Å². The van der Waals surface area contributed by atoms with Crippen LogP contribution in [0.4, 0.5) is 5.00 Å². The topological polar surface area (TPSA) is 46.2 Å². The third kappa shape index (κ3) is 2.97. The summed E-state index contributed by atoms with van der Waals surface area (Å²) in [7, 11) is 0. The minimum atomic E-state index is -0.150. The second-order valence-electron chi connectivity index (χ2n) is 5.75. The van der Waals surface area contributed by atoms with Crippen LogP contribution in [0, 0.1) is 6.92 Å². The van der Waals surface area contributed by atoms with Crippen molar-refractivity contribution in [1.29, 1.82) is 0 Å². The van der Waals surface area contributed by atoms with Crippen molar-refractivity contribution in [2.24, 2.45) is 0 Å². The van der Waals surface area contributed by atoms with Crippen molar-refractivity contribution in [3.63, 3.8) is 0 Å². The highest BCUT2D eigenvalue weighted by molar-refractivity contribution is 7.16. The molecular formula is C18H19NO2S. The number of carbonyl (C=O) groups excluding carboxylic acids is 2. The average molecular weight is 313 g/mol. The van der Waals surface area contributed by atoms with E-state index in [2.05, 4.69) is 5.32 Å². The van der Waals surface area contributed by atoms with Gasteiger partial charge in [-0.05, 0) is 50.3 Å². The number of amides is 1. The zero-order valence-electron chi connectivity index (χ0n) is 12.6. The molecule has 0 radical (unpaired) electrons. The Kier molecular flexibility index (Phi) is 4.39. The molecule has 0 saturated carbocycles. The number of rotatable bonds is 3. The van der Waals surface area contributed by atoms with E-state index in [-0.39, 0.29) is 5.91 Å². The van der Waals surface area contributed by atoms with E-state index < -0.39 is 0 Å². The van der Waals surface area contributed by atoms with Gasteiger partial charge in [0.25, 0.3) is 5.91 Å². The Morgan fingerprint density at radius 2 is 2.05 bits per heavy atom. The first-order valence-electron chi connectivity index (χ1n) is 7.67. The quantitative estimate of drug-likeness (QED) is 0.675. The molecule has 0 bridgehead atoms. The standard InChI is InChI=1S/C18H19NO2S/c1-12-6-5-7-13(10-12)17(21)19-18-15(11-20)14-8-3-2-4-9-16(14)22-18/h5-7,10-11H,2-4,8-9H2,1H3,(H,19,21). The van der Waals surface area contributed by atoms with Crippen LogP contribution in [0.3, 0.4) is 0 Å². The number of aldehydes is 1. The van der Waals surface area contributed by atoms with Gasteiger partial charge in [0.05, 0.1) is 5.56 Å². The maximum atomic E-state index is 12.4. The first-order valence-corrected chi connectivity index (χ1v) is 8.48. The number of aryl methyl sites for hydroxylation is 2. The Labute approximate surface area is 134 Å². The molecule has 3 rings (SSSR count). The van der Waals surface area contributed by atoms with E-state index in [4.69, 9.17) is 0 Å². The molecule has 1 amide bonds. The molecule has 114 valence electrons. The van der Waals surface area contributed by atoms with Crippen LogP contribution in [0.5, 0.6) is 0 Å². The number of nitrogens with one attached hydrogen (secondary N) is 1. The van der Waals surface area contributed by atoms with Gasteiger partial charge in [-0.3, -0.25) is 9.59 Å². The number of carbonyl (C=O) groups is 2. The fraction of sp³-hybridized carbons (Fsp3) is 0.333. The van der Waals surface area contributed by atoms with E-state index in [1.54, 1.807) is 17.4 Å². The summed E-state index contributed by atoms with van der Waals surface area (Å²) in [5.41, 5.74) is 3.51. The van der Waals surface area contributed by atoms with E-state index in [1.807, 2.05) is 25.1 Å². The molecule has 1 aromatic carbocycles. The lowest BCUT2D eigenvalue weighted by atomic mass is 10.1. The van der Waals surface area contributed by atoms with Crippen molar-refractivity contribution < 1.29 is 9.59 Å². The molecule has 1 heterocycles. The van der Waals surface area contributed by atoms with Gasteiger partial charge in [0, 0.05) is 10.4 Å². The van der Waals surface area contributed by atoms with Gasteiger partial charge in [0.2, 0.25) is 0 Å². The Morgan fingerprint density at radius 3 is 2.82 bits per heavy atom. The molecule has 1 N–H and O–H groups in total. The number of hydrogen-bond donors (Lipinski definition) is 1. The molecule has 1 aliphatic rings. The van der Waals surface area contributed by atoms with Gasteiger partial charge in [-0.15, -0.1) is 11.3 Å². The first kappa shape index (κ1) is 15.0. The van der Waals surface area contributed by atoms with Crippen LogP contribution < -0.4 is 5.32 Å². The molecule has 3 nitrogen and oxygen atoms in total. The third-order valence-electron chi connectivity index (χ3n) is 4.09. The van der Waals surface area contributed by atoms with Gasteiger partial charge >= 0.3 is 0 Å². The van der Waals surface area contributed by atoms with Crippen molar-refractivity contribution >= 4 is 28.5 Å². The van der Waals surface area contributed by atoms with Gasteiger partial charge < -0.3 is 5.32 Å². The summed E-state index contributed by atoms with van der Waals surface area (Å²) >= 11 is 1.56. The fourth-order valence-corrected chi connectivity index (χ4v) is 4.20. The molecule has 4 heteroatoms. The highest BCUT2D eigenvalue weighted by atomic mass is 32.1. The molecule has 1 aliphatic carbocycles. The lowest BCUT2D eigenvalue weighted by Crippen LogP contribution is -2.12. The van der Waals surface area contributed by atoms with Crippen LogP contribution >= 0.6 is 11.3 Å². The summed E-state index contributed by atoms with van der Waals surface area (Å²) in [6.07, 6.45) is 6.35. The monoisotopic (exact) mass is 313 g/mol. The van der Waals surface area contributed by atoms with Crippen LogP contribution in [0.15, 0.2) is 24.3 Å². The van der Waals surface area contributed by atoms with Crippen molar-refractivity contribution in [2.45, 2.75) is 39.0 Å². The minimum absolute atomic E-state index is 0.150. The van der Waals surface area contributed by atoms with Crippen LogP contribution in [0.25, 0.3) is 0 Å². The van der Waals surface area contributed by atoms with Crippen molar-refractivity contribution in [3.05, 3.63) is 51.4 Å². The molecule has 0 aliphatic heterocycles. The lowest BCUT2D eigenvalue weighted by Gasteiger charge is -2.05. The van der Waals surface area contributed by atoms with E-state index in [0.29, 0.717) is 16.1 Å². The van der Waals surface area contributed by atoms with E-state index in [1.165, 1.54) is 11.3 Å². The average Bonchev–Trinajstić information content (AvgIpc) is 2.68. The Morgan fingerprint density at radius 1 is 1.23 bits per heavy atom. The number of thiophene rings is 1. The molecule has 0 fully saturated rings. The second-order valence-corrected chi connectivity index (χ2v) is 6.85. The van der Waals surface area contributed by atoms with Crippen LogP contribution in [0.1, 0.15) is 56.0 Å². The number of anilines is 1. The molecule has 0 saturated heterocycles. The van der Waals surface area contributed by atoms with Crippen LogP contribution in [-0.4, -0.2) is 12.2 Å². The smallest absolute Gasteiger partial charge is 0.256 e. The maximum absolute atomic E-state index is 12.4. The van der Waals surface area contributed by atoms with E-state index >= 15 is 0 Å². The van der Waals surface area contributed by atoms with Crippen molar-refractivity contribution in [3.8, 4) is 0 Å². The molecule has 1 aromatic heterocycles. The summed E-state index contributed by atoms with van der Waals surface area (Å²) in [6.45, 7) is 1.96. The SMILES string of the molecule is Cc1cccc(C(=O)Nc2sc3c(c2C=O)CCCCC3)c1. The van der Waals surface area contributed by atoms with Gasteiger partial charge in [-0.25, -0.2) is 0 Å². The fourth-order valence-electron chi connectivity index (χ4n) is 2.95. The summed E-state index contributed by atoms with van der Waals surface area (Å²) in [5, 5.41) is 3.63. The van der Waals surface area contributed by atoms with E-state index in [9.17, 15) is 9.59 Å². The summed E-state index contributed by atoms with van der Waals surface area (Å²) in [5.74, 6) is -0.150. The molecule has 22 heavy (non-hydrogen) atoms. The largest absolute Gasteiger partial charge is 0.313 e. The maximum Gasteiger partial charge on any atom is 0.256 e. The predicted octanol–water partition coefficient (Wildman–Crippen LogP) is 4.39. The summed E-state index contributed by atoms with van der Waals surface area (Å²) in [6, 6.07) is 7.48.